The van der Waals surface area contributed by atoms with Crippen molar-refractivity contribution in [2.24, 2.45) is 0 Å². The smallest absolute Gasteiger partial charge is 0.258 e. The molecule has 1 fully saturated rings. The number of nitrogens with zero attached hydrogens (tertiary/aromatic N) is 1. The van der Waals surface area contributed by atoms with Crippen molar-refractivity contribution in [2.45, 2.75) is 38.0 Å². The topological polar surface area (TPSA) is 29.5 Å². The van der Waals surface area contributed by atoms with Crippen LogP contribution >= 0.6 is 0 Å². The molecular formula is C21H25NO2. The highest BCUT2D eigenvalue weighted by molar-refractivity contribution is 6.06. The highest BCUT2D eigenvalue weighted by Crippen LogP contribution is 2.33. The van der Waals surface area contributed by atoms with Crippen LogP contribution in [0.4, 0.5) is 5.69 Å². The number of amides is 1. The van der Waals surface area contributed by atoms with E-state index in [1.165, 1.54) is 37.7 Å². The number of carbonyl (C=O) groups excluding carboxylic acids is 1. The van der Waals surface area contributed by atoms with E-state index in [0.29, 0.717) is 17.2 Å². The van der Waals surface area contributed by atoms with E-state index in [9.17, 15) is 4.79 Å². The molecule has 0 atom stereocenters. The first-order chi connectivity index (χ1) is 11.7. The Hall–Kier alpha value is -2.29. The number of para-hydroxylation sites is 2. The van der Waals surface area contributed by atoms with Crippen molar-refractivity contribution in [2.75, 3.05) is 19.1 Å². The third kappa shape index (κ3) is 3.45. The number of methoxy groups -OCH3 is 1. The van der Waals surface area contributed by atoms with Crippen LogP contribution in [0, 0.1) is 0 Å². The van der Waals surface area contributed by atoms with Gasteiger partial charge in [-0.15, -0.1) is 0 Å². The second-order valence-electron chi connectivity index (χ2n) is 6.49. The number of hydrogen-bond donors (Lipinski definition) is 0. The van der Waals surface area contributed by atoms with Crippen molar-refractivity contribution < 1.29 is 9.53 Å². The lowest BCUT2D eigenvalue weighted by molar-refractivity contribution is 0.0992. The maximum atomic E-state index is 12.8. The number of hydrogen-bond acceptors (Lipinski definition) is 2. The maximum Gasteiger partial charge on any atom is 0.258 e. The molecule has 1 amide bonds. The molecule has 1 aliphatic carbocycles. The standard InChI is InChI=1S/C21H25NO2/c1-22(19-10-6-7-11-20(19)24-2)21(23)18-14-12-17(13-15-18)16-8-4-3-5-9-16/h6-7,10-16H,3-5,8-9H2,1-2H3. The van der Waals surface area contributed by atoms with Gasteiger partial charge in [0.1, 0.15) is 5.75 Å². The minimum Gasteiger partial charge on any atom is -0.495 e. The molecule has 0 bridgehead atoms. The third-order valence-corrected chi connectivity index (χ3v) is 4.99. The zero-order chi connectivity index (χ0) is 16.9. The third-order valence-electron chi connectivity index (χ3n) is 4.99. The second kappa shape index (κ2) is 7.52. The second-order valence-corrected chi connectivity index (χ2v) is 6.49. The van der Waals surface area contributed by atoms with Gasteiger partial charge in [0.25, 0.3) is 5.91 Å². The summed E-state index contributed by atoms with van der Waals surface area (Å²) in [5, 5.41) is 0. The van der Waals surface area contributed by atoms with E-state index in [1.54, 1.807) is 19.1 Å². The summed E-state index contributed by atoms with van der Waals surface area (Å²) in [6, 6.07) is 15.7. The lowest BCUT2D eigenvalue weighted by atomic mass is 9.84. The van der Waals surface area contributed by atoms with Gasteiger partial charge in [0.15, 0.2) is 0 Å². The van der Waals surface area contributed by atoms with Crippen LogP contribution in [0.3, 0.4) is 0 Å². The van der Waals surface area contributed by atoms with Crippen molar-refractivity contribution in [3.8, 4) is 5.75 Å². The van der Waals surface area contributed by atoms with Crippen LogP contribution in [0.25, 0.3) is 0 Å². The van der Waals surface area contributed by atoms with Gasteiger partial charge in [0.05, 0.1) is 12.8 Å². The van der Waals surface area contributed by atoms with E-state index in [2.05, 4.69) is 12.1 Å². The van der Waals surface area contributed by atoms with Crippen LogP contribution < -0.4 is 9.64 Å². The van der Waals surface area contributed by atoms with Gasteiger partial charge in [-0.05, 0) is 48.6 Å². The molecule has 2 aromatic carbocycles. The van der Waals surface area contributed by atoms with Crippen LogP contribution in [-0.4, -0.2) is 20.1 Å². The van der Waals surface area contributed by atoms with Gasteiger partial charge < -0.3 is 9.64 Å². The van der Waals surface area contributed by atoms with Gasteiger partial charge in [0, 0.05) is 12.6 Å². The van der Waals surface area contributed by atoms with E-state index < -0.39 is 0 Å². The minimum absolute atomic E-state index is 0.0188. The van der Waals surface area contributed by atoms with Crippen LogP contribution in [0.1, 0.15) is 53.9 Å². The molecule has 0 aliphatic heterocycles. The first kappa shape index (κ1) is 16.6. The molecule has 2 aromatic rings. The quantitative estimate of drug-likeness (QED) is 0.790. The van der Waals surface area contributed by atoms with E-state index in [-0.39, 0.29) is 5.91 Å². The zero-order valence-corrected chi connectivity index (χ0v) is 14.5. The Balaban J connectivity index is 1.77. The minimum atomic E-state index is -0.0188. The van der Waals surface area contributed by atoms with Gasteiger partial charge in [-0.1, -0.05) is 43.5 Å². The fourth-order valence-electron chi connectivity index (χ4n) is 3.54. The van der Waals surface area contributed by atoms with E-state index in [0.717, 1.165) is 5.69 Å². The predicted molar refractivity (Wildman–Crippen MR) is 98.0 cm³/mol. The monoisotopic (exact) mass is 323 g/mol. The van der Waals surface area contributed by atoms with E-state index >= 15 is 0 Å². The molecule has 3 rings (SSSR count). The summed E-state index contributed by atoms with van der Waals surface area (Å²) >= 11 is 0. The molecular weight excluding hydrogens is 298 g/mol. The summed E-state index contributed by atoms with van der Waals surface area (Å²) in [7, 11) is 3.41. The molecule has 0 N–H and O–H groups in total. The molecule has 3 heteroatoms. The molecule has 0 saturated heterocycles. The van der Waals surface area contributed by atoms with Gasteiger partial charge in [-0.2, -0.15) is 0 Å². The van der Waals surface area contributed by atoms with Gasteiger partial charge >= 0.3 is 0 Å². The zero-order valence-electron chi connectivity index (χ0n) is 14.5. The summed E-state index contributed by atoms with van der Waals surface area (Å²) < 4.78 is 5.36. The van der Waals surface area contributed by atoms with Gasteiger partial charge in [0.2, 0.25) is 0 Å². The fourth-order valence-corrected chi connectivity index (χ4v) is 3.54. The predicted octanol–water partition coefficient (Wildman–Crippen LogP) is 5.02. The largest absolute Gasteiger partial charge is 0.495 e. The molecule has 0 spiro atoms. The highest BCUT2D eigenvalue weighted by Gasteiger charge is 2.19. The number of carbonyl (C=O) groups is 1. The Morgan fingerprint density at radius 1 is 1.00 bits per heavy atom. The molecule has 0 aromatic heterocycles. The van der Waals surface area contributed by atoms with Crippen LogP contribution in [0.15, 0.2) is 48.5 Å². The van der Waals surface area contributed by atoms with Crippen molar-refractivity contribution in [1.82, 2.24) is 0 Å². The summed E-state index contributed by atoms with van der Waals surface area (Å²) in [6.07, 6.45) is 6.55. The molecule has 0 radical (unpaired) electrons. The Morgan fingerprint density at radius 2 is 1.67 bits per heavy atom. The van der Waals surface area contributed by atoms with Crippen LogP contribution in [0.2, 0.25) is 0 Å². The first-order valence-corrected chi connectivity index (χ1v) is 8.71. The Labute approximate surface area is 144 Å². The van der Waals surface area contributed by atoms with Crippen molar-refractivity contribution >= 4 is 11.6 Å². The van der Waals surface area contributed by atoms with Crippen LogP contribution in [-0.2, 0) is 0 Å². The lowest BCUT2D eigenvalue weighted by Gasteiger charge is -2.23. The average Bonchev–Trinajstić information content (AvgIpc) is 2.67. The summed E-state index contributed by atoms with van der Waals surface area (Å²) in [5.74, 6) is 1.34. The lowest BCUT2D eigenvalue weighted by Crippen LogP contribution is -2.26. The SMILES string of the molecule is COc1ccccc1N(C)C(=O)c1ccc(C2CCCCC2)cc1. The normalized spacial score (nSPS) is 15.1. The van der Waals surface area contributed by atoms with Gasteiger partial charge in [-0.3, -0.25) is 4.79 Å². The highest BCUT2D eigenvalue weighted by atomic mass is 16.5. The molecule has 24 heavy (non-hydrogen) atoms. The van der Waals surface area contributed by atoms with Crippen molar-refractivity contribution in [1.29, 1.82) is 0 Å². The summed E-state index contributed by atoms with van der Waals surface area (Å²) in [6.45, 7) is 0. The van der Waals surface area contributed by atoms with Crippen LogP contribution in [0.5, 0.6) is 5.75 Å². The number of benzene rings is 2. The molecule has 3 nitrogen and oxygen atoms in total. The van der Waals surface area contributed by atoms with Gasteiger partial charge in [-0.25, -0.2) is 0 Å². The summed E-state index contributed by atoms with van der Waals surface area (Å²) in [5.41, 5.74) is 2.86. The molecule has 126 valence electrons. The van der Waals surface area contributed by atoms with E-state index in [4.69, 9.17) is 4.74 Å². The first-order valence-electron chi connectivity index (χ1n) is 8.71. The van der Waals surface area contributed by atoms with E-state index in [1.807, 2.05) is 36.4 Å². The Bertz CT molecular complexity index is 687. The average molecular weight is 323 g/mol. The number of rotatable bonds is 4. The molecule has 1 aliphatic rings. The fraction of sp³-hybridized carbons (Fsp3) is 0.381. The maximum absolute atomic E-state index is 12.8. The molecule has 0 heterocycles. The number of anilines is 1. The van der Waals surface area contributed by atoms with Crippen molar-refractivity contribution in [3.05, 3.63) is 59.7 Å². The number of ether oxygens (including phenoxy) is 1. The Morgan fingerprint density at radius 3 is 2.33 bits per heavy atom. The van der Waals surface area contributed by atoms with Crippen molar-refractivity contribution in [3.63, 3.8) is 0 Å². The molecule has 1 saturated carbocycles. The molecule has 0 unspecified atom stereocenters. The Kier molecular flexibility index (Phi) is 5.19. The summed E-state index contributed by atoms with van der Waals surface area (Å²) in [4.78, 5) is 14.4.